The summed E-state index contributed by atoms with van der Waals surface area (Å²) in [5, 5.41) is 15.2. The van der Waals surface area contributed by atoms with E-state index in [-0.39, 0.29) is 18.3 Å². The molecule has 5 heteroatoms. The Labute approximate surface area is 123 Å². The number of carbonyl (C=O) groups is 1. The van der Waals surface area contributed by atoms with Crippen molar-refractivity contribution in [3.8, 4) is 0 Å². The van der Waals surface area contributed by atoms with Crippen molar-refractivity contribution in [2.75, 3.05) is 0 Å². The van der Waals surface area contributed by atoms with Gasteiger partial charge in [-0.1, -0.05) is 26.0 Å². The smallest absolute Gasteiger partial charge is 0.123 e. The Kier molecular flexibility index (Phi) is 4.40. The third kappa shape index (κ3) is 3.48. The molecule has 0 aliphatic heterocycles. The minimum atomic E-state index is -1.17. The first kappa shape index (κ1) is 15.2. The van der Waals surface area contributed by atoms with E-state index in [2.05, 4.69) is 5.10 Å². The van der Waals surface area contributed by atoms with Gasteiger partial charge in [-0.05, 0) is 30.5 Å². The van der Waals surface area contributed by atoms with Gasteiger partial charge in [-0.2, -0.15) is 5.10 Å². The van der Waals surface area contributed by atoms with Crippen LogP contribution in [0.2, 0.25) is 0 Å². The van der Waals surface area contributed by atoms with Crippen molar-refractivity contribution in [1.82, 2.24) is 9.78 Å². The van der Waals surface area contributed by atoms with Crippen LogP contribution in [0.25, 0.3) is 0 Å². The van der Waals surface area contributed by atoms with Gasteiger partial charge in [0.05, 0.1) is 18.2 Å². The van der Waals surface area contributed by atoms with Crippen LogP contribution in [0.4, 0.5) is 4.39 Å². The van der Waals surface area contributed by atoms with Crippen LogP contribution in [-0.2, 0) is 17.8 Å². The molecule has 0 aliphatic carbocycles. The van der Waals surface area contributed by atoms with Crippen molar-refractivity contribution in [3.05, 3.63) is 52.6 Å². The second-order valence-corrected chi connectivity index (χ2v) is 5.44. The number of rotatable bonds is 5. The number of carbonyl (C=O) groups excluding carboxylic acids is 1. The fraction of sp³-hybridized carbons (Fsp3) is 0.375. The minimum absolute atomic E-state index is 0.162. The standard InChI is InChI=1S/C16H19FN2O2/c1-10(2)16-14(8-12-5-4-6-13(17)7-12)11(3)19(18-16)9-15(20)21/h4-7,10H,8-9H2,1-3H3,(H,20,21)/p-1. The number of aliphatic carboxylic acids is 1. The maximum atomic E-state index is 13.3. The highest BCUT2D eigenvalue weighted by Gasteiger charge is 2.17. The summed E-state index contributed by atoms with van der Waals surface area (Å²) in [5.41, 5.74) is 3.43. The number of hydrogen-bond acceptors (Lipinski definition) is 3. The topological polar surface area (TPSA) is 58.0 Å². The van der Waals surface area contributed by atoms with Crippen LogP contribution in [0, 0.1) is 12.7 Å². The average molecular weight is 289 g/mol. The van der Waals surface area contributed by atoms with Crippen LogP contribution in [0.15, 0.2) is 24.3 Å². The first-order valence-corrected chi connectivity index (χ1v) is 6.89. The molecule has 0 saturated carbocycles. The van der Waals surface area contributed by atoms with Crippen molar-refractivity contribution < 1.29 is 14.3 Å². The quantitative estimate of drug-likeness (QED) is 0.843. The number of hydrogen-bond donors (Lipinski definition) is 0. The first-order chi connectivity index (χ1) is 9.88. The van der Waals surface area contributed by atoms with E-state index >= 15 is 0 Å². The van der Waals surface area contributed by atoms with E-state index < -0.39 is 5.97 Å². The van der Waals surface area contributed by atoms with Gasteiger partial charge in [0.15, 0.2) is 0 Å². The molecule has 0 bridgehead atoms. The van der Waals surface area contributed by atoms with Gasteiger partial charge in [-0.25, -0.2) is 4.39 Å². The number of carboxylic acids is 1. The molecule has 0 saturated heterocycles. The van der Waals surface area contributed by atoms with Gasteiger partial charge in [-0.3, -0.25) is 4.68 Å². The Morgan fingerprint density at radius 1 is 1.43 bits per heavy atom. The molecule has 0 aliphatic rings. The molecule has 2 aromatic rings. The van der Waals surface area contributed by atoms with E-state index in [0.717, 1.165) is 22.5 Å². The summed E-state index contributed by atoms with van der Waals surface area (Å²) in [6.07, 6.45) is 0.532. The van der Waals surface area contributed by atoms with E-state index in [1.165, 1.54) is 16.8 Å². The lowest BCUT2D eigenvalue weighted by Crippen LogP contribution is -2.28. The van der Waals surface area contributed by atoms with E-state index in [4.69, 9.17) is 0 Å². The number of aromatic nitrogens is 2. The molecule has 2 rings (SSSR count). The Morgan fingerprint density at radius 3 is 2.71 bits per heavy atom. The van der Waals surface area contributed by atoms with Gasteiger partial charge >= 0.3 is 0 Å². The molecular weight excluding hydrogens is 271 g/mol. The van der Waals surface area contributed by atoms with Gasteiger partial charge in [-0.15, -0.1) is 0 Å². The van der Waals surface area contributed by atoms with Crippen LogP contribution in [0.5, 0.6) is 0 Å². The normalized spacial score (nSPS) is 11.1. The van der Waals surface area contributed by atoms with Crippen LogP contribution in [0.3, 0.4) is 0 Å². The fourth-order valence-corrected chi connectivity index (χ4v) is 2.42. The van der Waals surface area contributed by atoms with E-state index in [1.54, 1.807) is 6.07 Å². The van der Waals surface area contributed by atoms with Crippen LogP contribution < -0.4 is 5.11 Å². The van der Waals surface area contributed by atoms with Gasteiger partial charge < -0.3 is 9.90 Å². The molecule has 21 heavy (non-hydrogen) atoms. The summed E-state index contributed by atoms with van der Waals surface area (Å²) in [6, 6.07) is 6.40. The summed E-state index contributed by atoms with van der Waals surface area (Å²) in [4.78, 5) is 10.8. The minimum Gasteiger partial charge on any atom is -0.548 e. The molecule has 0 amide bonds. The second kappa shape index (κ2) is 6.08. The molecule has 0 N–H and O–H groups in total. The van der Waals surface area contributed by atoms with Crippen molar-refractivity contribution in [1.29, 1.82) is 0 Å². The van der Waals surface area contributed by atoms with Gasteiger partial charge in [0.1, 0.15) is 5.82 Å². The molecule has 0 fully saturated rings. The lowest BCUT2D eigenvalue weighted by molar-refractivity contribution is -0.306. The fourth-order valence-electron chi connectivity index (χ4n) is 2.42. The van der Waals surface area contributed by atoms with Gasteiger partial charge in [0.25, 0.3) is 0 Å². The van der Waals surface area contributed by atoms with Crippen LogP contribution >= 0.6 is 0 Å². The molecular formula is C16H18FN2O2-. The van der Waals surface area contributed by atoms with E-state index in [1.807, 2.05) is 26.8 Å². The number of carboxylic acid groups (broad SMARTS) is 1. The number of halogens is 1. The summed E-state index contributed by atoms with van der Waals surface area (Å²) >= 11 is 0. The third-order valence-corrected chi connectivity index (χ3v) is 3.46. The molecule has 0 atom stereocenters. The second-order valence-electron chi connectivity index (χ2n) is 5.44. The first-order valence-electron chi connectivity index (χ1n) is 6.89. The SMILES string of the molecule is Cc1c(Cc2cccc(F)c2)c(C(C)C)nn1CC(=O)[O-]. The highest BCUT2D eigenvalue weighted by Crippen LogP contribution is 2.24. The lowest BCUT2D eigenvalue weighted by Gasteiger charge is -2.07. The van der Waals surface area contributed by atoms with Crippen molar-refractivity contribution >= 4 is 5.97 Å². The Bertz CT molecular complexity index is 662. The molecule has 112 valence electrons. The van der Waals surface area contributed by atoms with Crippen LogP contribution in [0.1, 0.15) is 42.3 Å². The molecule has 4 nitrogen and oxygen atoms in total. The van der Waals surface area contributed by atoms with E-state index in [9.17, 15) is 14.3 Å². The zero-order chi connectivity index (χ0) is 15.6. The lowest BCUT2D eigenvalue weighted by atomic mass is 9.98. The molecule has 0 radical (unpaired) electrons. The molecule has 1 aromatic heterocycles. The number of nitrogens with zero attached hydrogens (tertiary/aromatic N) is 2. The summed E-state index contributed by atoms with van der Waals surface area (Å²) in [7, 11) is 0. The zero-order valence-electron chi connectivity index (χ0n) is 12.4. The molecule has 0 spiro atoms. The molecule has 1 aromatic carbocycles. The highest BCUT2D eigenvalue weighted by atomic mass is 19.1. The summed E-state index contributed by atoms with van der Waals surface area (Å²) in [6.45, 7) is 5.56. The maximum absolute atomic E-state index is 13.3. The molecule has 1 heterocycles. The largest absolute Gasteiger partial charge is 0.548 e. The molecule has 0 unspecified atom stereocenters. The zero-order valence-corrected chi connectivity index (χ0v) is 12.4. The maximum Gasteiger partial charge on any atom is 0.123 e. The average Bonchev–Trinajstić information content (AvgIpc) is 2.67. The number of benzene rings is 1. The Morgan fingerprint density at radius 2 is 2.14 bits per heavy atom. The highest BCUT2D eigenvalue weighted by molar-refractivity contribution is 5.64. The van der Waals surface area contributed by atoms with E-state index in [0.29, 0.717) is 6.42 Å². The third-order valence-electron chi connectivity index (χ3n) is 3.46. The Balaban J connectivity index is 2.41. The predicted molar refractivity (Wildman–Crippen MR) is 75.3 cm³/mol. The summed E-state index contributed by atoms with van der Waals surface area (Å²) < 4.78 is 14.7. The van der Waals surface area contributed by atoms with Gasteiger partial charge in [0.2, 0.25) is 0 Å². The predicted octanol–water partition coefficient (Wildman–Crippen LogP) is 1.79. The van der Waals surface area contributed by atoms with Crippen molar-refractivity contribution in [2.24, 2.45) is 0 Å². The Hall–Kier alpha value is -2.17. The van der Waals surface area contributed by atoms with Crippen LogP contribution in [-0.4, -0.2) is 15.7 Å². The van der Waals surface area contributed by atoms with Gasteiger partial charge in [0, 0.05) is 17.7 Å². The van der Waals surface area contributed by atoms with Crippen molar-refractivity contribution in [3.63, 3.8) is 0 Å². The summed E-state index contributed by atoms with van der Waals surface area (Å²) in [5.74, 6) is -1.29. The van der Waals surface area contributed by atoms with Crippen molar-refractivity contribution in [2.45, 2.75) is 39.7 Å². The monoisotopic (exact) mass is 289 g/mol.